The number of pyridine rings is 1. The van der Waals surface area contributed by atoms with Crippen LogP contribution in [0.4, 0.5) is 17.2 Å². The molecule has 2 aromatic carbocycles. The number of nitrogens with zero attached hydrogens (tertiary/aromatic N) is 1. The SMILES string of the molecule is COc1ccc(Nc2cc(NCc3cccc4ccsc34)c(C(N)=O)cn2)cc1. The lowest BCUT2D eigenvalue weighted by atomic mass is 10.1. The number of carbonyl (C=O) groups is 1. The van der Waals surface area contributed by atoms with Crippen LogP contribution in [0.1, 0.15) is 15.9 Å². The van der Waals surface area contributed by atoms with E-state index in [2.05, 4.69) is 39.2 Å². The quantitative estimate of drug-likeness (QED) is 0.413. The number of ether oxygens (including phenoxy) is 1. The molecule has 0 aliphatic heterocycles. The van der Waals surface area contributed by atoms with E-state index in [0.717, 1.165) is 17.0 Å². The van der Waals surface area contributed by atoms with Gasteiger partial charge in [-0.15, -0.1) is 11.3 Å². The van der Waals surface area contributed by atoms with Gasteiger partial charge in [0.25, 0.3) is 5.91 Å². The first kappa shape index (κ1) is 18.8. The van der Waals surface area contributed by atoms with Gasteiger partial charge in [-0.2, -0.15) is 0 Å². The van der Waals surface area contributed by atoms with E-state index in [1.54, 1.807) is 24.5 Å². The van der Waals surface area contributed by atoms with Crippen LogP contribution in [0, 0.1) is 0 Å². The summed E-state index contributed by atoms with van der Waals surface area (Å²) in [5.41, 5.74) is 8.55. The third-order valence-corrected chi connectivity index (χ3v) is 5.57. The predicted octanol–water partition coefficient (Wildman–Crippen LogP) is 4.76. The minimum absolute atomic E-state index is 0.351. The molecule has 4 rings (SSSR count). The molecule has 1 amide bonds. The third kappa shape index (κ3) is 4.14. The van der Waals surface area contributed by atoms with Crippen LogP contribution < -0.4 is 21.1 Å². The lowest BCUT2D eigenvalue weighted by Gasteiger charge is -2.13. The van der Waals surface area contributed by atoms with Gasteiger partial charge in [-0.25, -0.2) is 4.98 Å². The van der Waals surface area contributed by atoms with Crippen molar-refractivity contribution >= 4 is 44.5 Å². The average Bonchev–Trinajstić information content (AvgIpc) is 3.22. The maximum absolute atomic E-state index is 11.9. The van der Waals surface area contributed by atoms with E-state index in [4.69, 9.17) is 10.5 Å². The second kappa shape index (κ2) is 8.20. The summed E-state index contributed by atoms with van der Waals surface area (Å²) in [6.45, 7) is 0.574. The zero-order valence-corrected chi connectivity index (χ0v) is 16.6. The van der Waals surface area contributed by atoms with Crippen molar-refractivity contribution in [1.82, 2.24) is 4.98 Å². The van der Waals surface area contributed by atoms with E-state index in [1.165, 1.54) is 16.3 Å². The standard InChI is InChI=1S/C22H20N4O2S/c1-28-17-7-5-16(6-8-17)26-20-11-19(18(13-25-20)22(23)27)24-12-15-4-2-3-14-9-10-29-21(14)15/h2-11,13H,12H2,1H3,(H2,23,27)(H2,24,25,26). The number of thiophene rings is 1. The number of carbonyl (C=O) groups excluding carboxylic acids is 1. The molecule has 2 heterocycles. The number of anilines is 3. The minimum atomic E-state index is -0.523. The molecule has 0 saturated carbocycles. The van der Waals surface area contributed by atoms with Crippen molar-refractivity contribution in [3.8, 4) is 5.75 Å². The highest BCUT2D eigenvalue weighted by molar-refractivity contribution is 7.17. The average molecular weight is 404 g/mol. The Kier molecular flexibility index (Phi) is 5.31. The van der Waals surface area contributed by atoms with Crippen LogP contribution in [0.25, 0.3) is 10.1 Å². The van der Waals surface area contributed by atoms with Gasteiger partial charge in [0, 0.05) is 29.2 Å². The molecule has 2 aromatic heterocycles. The first-order valence-corrected chi connectivity index (χ1v) is 9.92. The van der Waals surface area contributed by atoms with Crippen LogP contribution >= 0.6 is 11.3 Å². The van der Waals surface area contributed by atoms with Crippen molar-refractivity contribution < 1.29 is 9.53 Å². The number of primary amides is 1. The molecule has 146 valence electrons. The molecular formula is C22H20N4O2S. The highest BCUT2D eigenvalue weighted by Gasteiger charge is 2.11. The van der Waals surface area contributed by atoms with Gasteiger partial charge >= 0.3 is 0 Å². The fourth-order valence-corrected chi connectivity index (χ4v) is 3.99. The molecule has 7 heteroatoms. The van der Waals surface area contributed by atoms with Gasteiger partial charge in [0.05, 0.1) is 18.4 Å². The van der Waals surface area contributed by atoms with Gasteiger partial charge in [-0.3, -0.25) is 4.79 Å². The van der Waals surface area contributed by atoms with E-state index in [-0.39, 0.29) is 0 Å². The summed E-state index contributed by atoms with van der Waals surface area (Å²) >= 11 is 1.70. The molecule has 0 spiro atoms. The van der Waals surface area contributed by atoms with Crippen molar-refractivity contribution in [2.75, 3.05) is 17.7 Å². The molecular weight excluding hydrogens is 384 g/mol. The number of fused-ring (bicyclic) bond motifs is 1. The number of aromatic nitrogens is 1. The van der Waals surface area contributed by atoms with E-state index >= 15 is 0 Å². The zero-order valence-electron chi connectivity index (χ0n) is 15.8. The number of rotatable bonds is 7. The van der Waals surface area contributed by atoms with Crippen molar-refractivity contribution in [3.63, 3.8) is 0 Å². The number of methoxy groups -OCH3 is 1. The smallest absolute Gasteiger partial charge is 0.252 e. The Morgan fingerprint density at radius 2 is 2.00 bits per heavy atom. The highest BCUT2D eigenvalue weighted by Crippen LogP contribution is 2.27. The first-order chi connectivity index (χ1) is 14.1. The van der Waals surface area contributed by atoms with Crippen molar-refractivity contribution in [2.24, 2.45) is 5.73 Å². The maximum Gasteiger partial charge on any atom is 0.252 e. The molecule has 0 bridgehead atoms. The van der Waals surface area contributed by atoms with Gasteiger partial charge in [0.2, 0.25) is 0 Å². The molecule has 0 radical (unpaired) electrons. The predicted molar refractivity (Wildman–Crippen MR) is 118 cm³/mol. The molecule has 0 aliphatic rings. The van der Waals surface area contributed by atoms with E-state index in [1.807, 2.05) is 30.3 Å². The van der Waals surface area contributed by atoms with Gasteiger partial charge < -0.3 is 21.1 Å². The fraction of sp³-hybridized carbons (Fsp3) is 0.0909. The summed E-state index contributed by atoms with van der Waals surface area (Å²) in [4.78, 5) is 16.2. The first-order valence-electron chi connectivity index (χ1n) is 9.04. The number of amides is 1. The number of benzene rings is 2. The summed E-state index contributed by atoms with van der Waals surface area (Å²) in [7, 11) is 1.63. The summed E-state index contributed by atoms with van der Waals surface area (Å²) in [6, 6.07) is 17.6. The molecule has 0 unspecified atom stereocenters. The van der Waals surface area contributed by atoms with Crippen molar-refractivity contribution in [2.45, 2.75) is 6.54 Å². The summed E-state index contributed by atoms with van der Waals surface area (Å²) in [5.74, 6) is 0.861. The Morgan fingerprint density at radius 1 is 1.17 bits per heavy atom. The lowest BCUT2D eigenvalue weighted by molar-refractivity contribution is 0.100. The summed E-state index contributed by atoms with van der Waals surface area (Å²) in [5, 5.41) is 9.86. The fourth-order valence-electron chi connectivity index (χ4n) is 3.07. The molecule has 4 aromatic rings. The zero-order chi connectivity index (χ0) is 20.2. The number of nitrogens with one attached hydrogen (secondary N) is 2. The van der Waals surface area contributed by atoms with Crippen LogP contribution in [0.2, 0.25) is 0 Å². The third-order valence-electron chi connectivity index (χ3n) is 4.56. The monoisotopic (exact) mass is 404 g/mol. The number of hydrogen-bond acceptors (Lipinski definition) is 6. The molecule has 0 fully saturated rings. The van der Waals surface area contributed by atoms with Crippen molar-refractivity contribution in [3.05, 3.63) is 77.3 Å². The maximum atomic E-state index is 11.9. The Bertz CT molecular complexity index is 1160. The largest absolute Gasteiger partial charge is 0.497 e. The summed E-state index contributed by atoms with van der Waals surface area (Å²) < 4.78 is 6.40. The Balaban J connectivity index is 1.57. The van der Waals surface area contributed by atoms with Crippen LogP contribution in [0.5, 0.6) is 5.75 Å². The molecule has 4 N–H and O–H groups in total. The van der Waals surface area contributed by atoms with E-state index < -0.39 is 5.91 Å². The Morgan fingerprint density at radius 3 is 2.76 bits per heavy atom. The van der Waals surface area contributed by atoms with E-state index in [9.17, 15) is 4.79 Å². The number of hydrogen-bond donors (Lipinski definition) is 3. The van der Waals surface area contributed by atoms with E-state index in [0.29, 0.717) is 23.6 Å². The lowest BCUT2D eigenvalue weighted by Crippen LogP contribution is -2.15. The van der Waals surface area contributed by atoms with Crippen LogP contribution in [-0.4, -0.2) is 18.0 Å². The Hall–Kier alpha value is -3.58. The van der Waals surface area contributed by atoms with Crippen LogP contribution in [0.3, 0.4) is 0 Å². The normalized spacial score (nSPS) is 10.7. The van der Waals surface area contributed by atoms with Crippen LogP contribution in [0.15, 0.2) is 66.2 Å². The highest BCUT2D eigenvalue weighted by atomic mass is 32.1. The molecule has 6 nitrogen and oxygen atoms in total. The topological polar surface area (TPSA) is 89.3 Å². The molecule has 0 aliphatic carbocycles. The molecule has 0 atom stereocenters. The van der Waals surface area contributed by atoms with Gasteiger partial charge in [-0.05, 0) is 46.7 Å². The Labute approximate surface area is 172 Å². The molecule has 0 saturated heterocycles. The van der Waals surface area contributed by atoms with Gasteiger partial charge in [0.1, 0.15) is 11.6 Å². The number of nitrogens with two attached hydrogens (primary N) is 1. The van der Waals surface area contributed by atoms with Gasteiger partial charge in [0.15, 0.2) is 0 Å². The second-order valence-electron chi connectivity index (χ2n) is 6.44. The molecule has 29 heavy (non-hydrogen) atoms. The second-order valence-corrected chi connectivity index (χ2v) is 7.36. The summed E-state index contributed by atoms with van der Waals surface area (Å²) in [6.07, 6.45) is 1.49. The van der Waals surface area contributed by atoms with Crippen LogP contribution in [-0.2, 0) is 6.54 Å². The minimum Gasteiger partial charge on any atom is -0.497 e. The van der Waals surface area contributed by atoms with Gasteiger partial charge in [-0.1, -0.05) is 18.2 Å². The van der Waals surface area contributed by atoms with Crippen molar-refractivity contribution in [1.29, 1.82) is 0 Å².